The van der Waals surface area contributed by atoms with Gasteiger partial charge < -0.3 is 10.1 Å². The molecule has 2 aromatic carbocycles. The van der Waals surface area contributed by atoms with Crippen LogP contribution in [-0.4, -0.2) is 13.2 Å². The van der Waals surface area contributed by atoms with Crippen molar-refractivity contribution in [3.05, 3.63) is 70.8 Å². The number of hydrogen-bond acceptors (Lipinski definition) is 2. The van der Waals surface area contributed by atoms with E-state index in [9.17, 15) is 26.3 Å². The first-order chi connectivity index (χ1) is 13.5. The second-order valence-electron chi connectivity index (χ2n) is 7.27. The minimum atomic E-state index is -4.88. The van der Waals surface area contributed by atoms with Gasteiger partial charge in [0.1, 0.15) is 0 Å². The zero-order valence-electron chi connectivity index (χ0n) is 15.7. The third-order valence-corrected chi connectivity index (χ3v) is 5.23. The predicted molar refractivity (Wildman–Crippen MR) is 96.2 cm³/mol. The van der Waals surface area contributed by atoms with Crippen LogP contribution >= 0.6 is 0 Å². The summed E-state index contributed by atoms with van der Waals surface area (Å²) in [5.41, 5.74) is -2.37. The second-order valence-corrected chi connectivity index (χ2v) is 7.27. The Labute approximate surface area is 164 Å². The van der Waals surface area contributed by atoms with Crippen LogP contribution in [0.2, 0.25) is 0 Å². The van der Waals surface area contributed by atoms with Crippen molar-refractivity contribution in [3.8, 4) is 0 Å². The molecule has 0 spiro atoms. The Kier molecular flexibility index (Phi) is 5.96. The lowest BCUT2D eigenvalue weighted by atomic mass is 9.89. The van der Waals surface area contributed by atoms with Crippen LogP contribution in [0.4, 0.5) is 26.3 Å². The number of halogens is 6. The van der Waals surface area contributed by atoms with Gasteiger partial charge in [0.15, 0.2) is 0 Å². The molecular weight excluding hydrogens is 396 g/mol. The summed E-state index contributed by atoms with van der Waals surface area (Å²) >= 11 is 0. The van der Waals surface area contributed by atoms with Crippen LogP contribution < -0.4 is 5.32 Å². The van der Waals surface area contributed by atoms with Crippen LogP contribution in [0.3, 0.4) is 0 Å². The standard InChI is InChI=1S/C21H21F6NO/c1-14(15-10-17(20(22,23)24)12-18(11-15)21(25,26)27)29-13-19(8-5-9-28-19)16-6-3-2-4-7-16/h2-4,6-7,10-12,14,28H,5,8-9,13H2,1H3/t14-,19-/m1/s1. The number of benzene rings is 2. The monoisotopic (exact) mass is 417 g/mol. The first-order valence-electron chi connectivity index (χ1n) is 9.23. The molecule has 0 radical (unpaired) electrons. The second kappa shape index (κ2) is 7.99. The first-order valence-corrected chi connectivity index (χ1v) is 9.23. The highest BCUT2D eigenvalue weighted by Gasteiger charge is 2.39. The summed E-state index contributed by atoms with van der Waals surface area (Å²) < 4.78 is 84.4. The van der Waals surface area contributed by atoms with E-state index in [1.165, 1.54) is 6.92 Å². The van der Waals surface area contributed by atoms with Crippen LogP contribution in [-0.2, 0) is 22.6 Å². The van der Waals surface area contributed by atoms with Gasteiger partial charge in [-0.15, -0.1) is 0 Å². The quantitative estimate of drug-likeness (QED) is 0.596. The highest BCUT2D eigenvalue weighted by Crippen LogP contribution is 2.39. The minimum Gasteiger partial charge on any atom is -0.372 e. The summed E-state index contributed by atoms with van der Waals surface area (Å²) in [6.45, 7) is 2.35. The average Bonchev–Trinajstić information content (AvgIpc) is 3.15. The van der Waals surface area contributed by atoms with Gasteiger partial charge in [-0.2, -0.15) is 26.3 Å². The molecule has 2 aromatic rings. The van der Waals surface area contributed by atoms with Gasteiger partial charge in [-0.1, -0.05) is 30.3 Å². The highest BCUT2D eigenvalue weighted by molar-refractivity contribution is 5.35. The maximum atomic E-state index is 13.1. The fraction of sp³-hybridized carbons (Fsp3) is 0.429. The normalized spacial score (nSPS) is 21.3. The fourth-order valence-electron chi connectivity index (χ4n) is 3.59. The van der Waals surface area contributed by atoms with Gasteiger partial charge in [-0.05, 0) is 55.6 Å². The van der Waals surface area contributed by atoms with E-state index in [1.54, 1.807) is 0 Å². The van der Waals surface area contributed by atoms with E-state index in [1.807, 2.05) is 30.3 Å². The molecule has 158 valence electrons. The molecule has 8 heteroatoms. The Hall–Kier alpha value is -2.06. The van der Waals surface area contributed by atoms with E-state index >= 15 is 0 Å². The van der Waals surface area contributed by atoms with E-state index < -0.39 is 35.1 Å². The summed E-state index contributed by atoms with van der Waals surface area (Å²) in [6.07, 6.45) is -9.04. The van der Waals surface area contributed by atoms with Crippen LogP contribution in [0.5, 0.6) is 0 Å². The number of alkyl halides is 6. The maximum Gasteiger partial charge on any atom is 0.416 e. The smallest absolute Gasteiger partial charge is 0.372 e. The summed E-state index contributed by atoms with van der Waals surface area (Å²) in [5.74, 6) is 0. The number of rotatable bonds is 5. The third kappa shape index (κ3) is 4.93. The van der Waals surface area contributed by atoms with Crippen molar-refractivity contribution in [3.63, 3.8) is 0 Å². The lowest BCUT2D eigenvalue weighted by molar-refractivity contribution is -0.143. The van der Waals surface area contributed by atoms with E-state index in [4.69, 9.17) is 4.74 Å². The van der Waals surface area contributed by atoms with Crippen LogP contribution in [0, 0.1) is 0 Å². The number of nitrogens with one attached hydrogen (secondary N) is 1. The fourth-order valence-corrected chi connectivity index (χ4v) is 3.59. The molecule has 1 aliphatic rings. The van der Waals surface area contributed by atoms with Crippen LogP contribution in [0.1, 0.15) is 48.1 Å². The molecule has 0 unspecified atom stereocenters. The summed E-state index contributed by atoms with van der Waals surface area (Å²) in [7, 11) is 0. The molecule has 0 aromatic heterocycles. The predicted octanol–water partition coefficient (Wildman–Crippen LogP) is 6.08. The molecule has 0 aliphatic carbocycles. The summed E-state index contributed by atoms with van der Waals surface area (Å²) in [5, 5.41) is 3.38. The molecule has 0 amide bonds. The molecule has 0 bridgehead atoms. The van der Waals surface area contributed by atoms with Gasteiger partial charge in [0.25, 0.3) is 0 Å². The molecule has 29 heavy (non-hydrogen) atoms. The van der Waals surface area contributed by atoms with Gasteiger partial charge in [0.2, 0.25) is 0 Å². The Morgan fingerprint density at radius 1 is 0.966 bits per heavy atom. The SMILES string of the molecule is C[C@@H](OC[C@@]1(c2ccccc2)CCCN1)c1cc(C(F)(F)F)cc(C(F)(F)F)c1. The van der Waals surface area contributed by atoms with Gasteiger partial charge in [-0.25, -0.2) is 0 Å². The van der Waals surface area contributed by atoms with Crippen molar-refractivity contribution in [1.82, 2.24) is 5.32 Å². The van der Waals surface area contributed by atoms with E-state index in [2.05, 4.69) is 5.32 Å². The molecular formula is C21H21F6NO. The first kappa shape index (κ1) is 21.6. The topological polar surface area (TPSA) is 21.3 Å². The van der Waals surface area contributed by atoms with Crippen molar-refractivity contribution >= 4 is 0 Å². The molecule has 0 saturated carbocycles. The third-order valence-electron chi connectivity index (χ3n) is 5.23. The van der Waals surface area contributed by atoms with Crippen molar-refractivity contribution in [2.24, 2.45) is 0 Å². The Balaban J connectivity index is 1.85. The van der Waals surface area contributed by atoms with Crippen molar-refractivity contribution < 1.29 is 31.1 Å². The minimum absolute atomic E-state index is 0.125. The lowest BCUT2D eigenvalue weighted by Gasteiger charge is -2.31. The molecule has 1 N–H and O–H groups in total. The molecule has 1 heterocycles. The maximum absolute atomic E-state index is 13.1. The van der Waals surface area contributed by atoms with E-state index in [-0.39, 0.29) is 18.2 Å². The average molecular weight is 417 g/mol. The number of ether oxygens (including phenoxy) is 1. The van der Waals surface area contributed by atoms with Crippen LogP contribution in [0.15, 0.2) is 48.5 Å². The van der Waals surface area contributed by atoms with Crippen molar-refractivity contribution in [2.45, 2.75) is 43.8 Å². The zero-order valence-corrected chi connectivity index (χ0v) is 15.7. The van der Waals surface area contributed by atoms with E-state index in [0.29, 0.717) is 0 Å². The van der Waals surface area contributed by atoms with Crippen molar-refractivity contribution in [1.29, 1.82) is 0 Å². The Morgan fingerprint density at radius 3 is 2.03 bits per heavy atom. The molecule has 3 rings (SSSR count). The summed E-state index contributed by atoms with van der Waals surface area (Å²) in [6, 6.07) is 11.0. The van der Waals surface area contributed by atoms with Crippen LogP contribution in [0.25, 0.3) is 0 Å². The Morgan fingerprint density at radius 2 is 1.55 bits per heavy atom. The van der Waals surface area contributed by atoms with Crippen molar-refractivity contribution in [2.75, 3.05) is 13.2 Å². The molecule has 2 atom stereocenters. The molecule has 1 saturated heterocycles. The van der Waals surface area contributed by atoms with Gasteiger partial charge in [0.05, 0.1) is 29.4 Å². The lowest BCUT2D eigenvalue weighted by Crippen LogP contribution is -2.41. The highest BCUT2D eigenvalue weighted by atomic mass is 19.4. The molecule has 2 nitrogen and oxygen atoms in total. The zero-order chi connectivity index (χ0) is 21.3. The Bertz CT molecular complexity index is 793. The number of hydrogen-bond donors (Lipinski definition) is 1. The summed E-state index contributed by atoms with van der Waals surface area (Å²) in [4.78, 5) is 0. The largest absolute Gasteiger partial charge is 0.416 e. The van der Waals surface area contributed by atoms with E-state index in [0.717, 1.165) is 37.1 Å². The van der Waals surface area contributed by atoms with Gasteiger partial charge in [0, 0.05) is 0 Å². The molecule has 1 aliphatic heterocycles. The van der Waals surface area contributed by atoms with Gasteiger partial charge in [-0.3, -0.25) is 0 Å². The van der Waals surface area contributed by atoms with Gasteiger partial charge >= 0.3 is 12.4 Å². The molecule has 1 fully saturated rings.